The van der Waals surface area contributed by atoms with Crippen LogP contribution in [-0.2, 0) is 15.1 Å². The van der Waals surface area contributed by atoms with Crippen LogP contribution in [-0.4, -0.2) is 35.7 Å². The molecule has 0 saturated carbocycles. The molecule has 2 rings (SSSR count). The average Bonchev–Trinajstić information content (AvgIpc) is 2.59. The third kappa shape index (κ3) is 3.55. The smallest absolute Gasteiger partial charge is 0.432 e. The van der Waals surface area contributed by atoms with Crippen molar-refractivity contribution in [2.24, 2.45) is 4.99 Å². The number of benzene rings is 2. The predicted molar refractivity (Wildman–Crippen MR) is 88.5 cm³/mol. The van der Waals surface area contributed by atoms with Gasteiger partial charge in [0.25, 0.3) is 5.60 Å². The van der Waals surface area contributed by atoms with Gasteiger partial charge in [-0.2, -0.15) is 13.2 Å². The number of halogens is 3. The number of alkyl halides is 3. The number of aryl methyl sites for hydroxylation is 1. The highest BCUT2D eigenvalue weighted by molar-refractivity contribution is 5.86. The highest BCUT2D eigenvalue weighted by Crippen LogP contribution is 2.41. The van der Waals surface area contributed by atoms with Gasteiger partial charge in [0.2, 0.25) is 0 Å². The maximum atomic E-state index is 13.3. The van der Waals surface area contributed by atoms with Crippen molar-refractivity contribution in [3.8, 4) is 5.75 Å². The molecule has 0 amide bonds. The highest BCUT2D eigenvalue weighted by Gasteiger charge is 2.62. The van der Waals surface area contributed by atoms with E-state index in [1.54, 1.807) is 18.2 Å². The van der Waals surface area contributed by atoms with Crippen LogP contribution in [0.2, 0.25) is 0 Å². The Morgan fingerprint density at radius 2 is 1.85 bits per heavy atom. The Morgan fingerprint density at radius 3 is 2.38 bits per heavy atom. The zero-order valence-corrected chi connectivity index (χ0v) is 13.9. The molecule has 0 unspecified atom stereocenters. The molecule has 0 radical (unpaired) electrons. The van der Waals surface area contributed by atoms with Gasteiger partial charge in [0.1, 0.15) is 5.75 Å². The molecule has 0 aliphatic rings. The molecule has 0 aromatic heterocycles. The molecular formula is C18H16F3NO4. The molecule has 0 fully saturated rings. The number of hydrogen-bond acceptors (Lipinski definition) is 5. The molecule has 2 aromatic rings. The minimum atomic E-state index is -5.26. The number of nitrogens with zero attached hydrogens (tertiary/aromatic N) is 1. The number of esters is 1. The topological polar surface area (TPSA) is 79.1 Å². The van der Waals surface area contributed by atoms with Gasteiger partial charge >= 0.3 is 12.1 Å². The Labute approximate surface area is 147 Å². The number of phenolic OH excluding ortho intramolecular Hbond substituents is 1. The van der Waals surface area contributed by atoms with E-state index in [0.717, 1.165) is 19.2 Å². The Bertz CT molecular complexity index is 849. The van der Waals surface area contributed by atoms with Gasteiger partial charge in [0, 0.05) is 17.3 Å². The summed E-state index contributed by atoms with van der Waals surface area (Å²) >= 11 is 0. The number of aromatic hydroxyl groups is 1. The number of carbonyl (C=O) groups is 1. The van der Waals surface area contributed by atoms with Gasteiger partial charge in [-0.25, -0.2) is 4.79 Å². The summed E-state index contributed by atoms with van der Waals surface area (Å²) in [6.07, 6.45) is -3.90. The fourth-order valence-electron chi connectivity index (χ4n) is 2.31. The van der Waals surface area contributed by atoms with E-state index in [2.05, 4.69) is 9.73 Å². The number of ether oxygens (including phenoxy) is 1. The Morgan fingerprint density at radius 1 is 1.19 bits per heavy atom. The van der Waals surface area contributed by atoms with Gasteiger partial charge in [-0.3, -0.25) is 4.99 Å². The van der Waals surface area contributed by atoms with Crippen molar-refractivity contribution in [1.29, 1.82) is 0 Å². The Hall–Kier alpha value is -2.87. The van der Waals surface area contributed by atoms with Crippen molar-refractivity contribution in [1.82, 2.24) is 0 Å². The van der Waals surface area contributed by atoms with E-state index < -0.39 is 23.3 Å². The molecule has 0 aliphatic heterocycles. The molecule has 2 N–H and O–H groups in total. The van der Waals surface area contributed by atoms with Crippen molar-refractivity contribution in [3.05, 3.63) is 59.2 Å². The number of aliphatic hydroxyl groups is 1. The van der Waals surface area contributed by atoms with E-state index in [-0.39, 0.29) is 5.75 Å². The van der Waals surface area contributed by atoms with Gasteiger partial charge in [-0.05, 0) is 30.7 Å². The number of phenols is 1. The van der Waals surface area contributed by atoms with E-state index in [4.69, 9.17) is 0 Å². The number of rotatable bonds is 4. The third-order valence-electron chi connectivity index (χ3n) is 3.79. The molecule has 2 aromatic carbocycles. The second-order valence-corrected chi connectivity index (χ2v) is 5.52. The summed E-state index contributed by atoms with van der Waals surface area (Å²) in [6, 6.07) is 9.62. The summed E-state index contributed by atoms with van der Waals surface area (Å²) in [4.78, 5) is 15.7. The van der Waals surface area contributed by atoms with Crippen molar-refractivity contribution >= 4 is 17.9 Å². The fraction of sp³-hybridized carbons (Fsp3) is 0.222. The van der Waals surface area contributed by atoms with E-state index in [1.807, 2.05) is 0 Å². The second kappa shape index (κ2) is 7.17. The molecule has 0 saturated heterocycles. The lowest BCUT2D eigenvalue weighted by molar-refractivity contribution is -0.266. The van der Waals surface area contributed by atoms with Crippen LogP contribution in [0.15, 0.2) is 47.5 Å². The lowest BCUT2D eigenvalue weighted by atomic mass is 9.91. The zero-order chi connectivity index (χ0) is 19.5. The minimum absolute atomic E-state index is 0.00246. The quantitative estimate of drug-likeness (QED) is 0.641. The largest absolute Gasteiger partial charge is 0.507 e. The molecule has 138 valence electrons. The third-order valence-corrected chi connectivity index (χ3v) is 3.79. The van der Waals surface area contributed by atoms with Gasteiger partial charge in [0.15, 0.2) is 0 Å². The monoisotopic (exact) mass is 367 g/mol. The van der Waals surface area contributed by atoms with Gasteiger partial charge in [0.05, 0.1) is 12.8 Å². The molecule has 8 heteroatoms. The summed E-state index contributed by atoms with van der Waals surface area (Å²) < 4.78 is 43.9. The number of para-hydroxylation sites is 1. The fourth-order valence-corrected chi connectivity index (χ4v) is 2.31. The molecule has 1 atom stereocenters. The standard InChI is InChI=1S/C18H16F3NO4/c1-11-9-13(17(25,16(24)26-2)18(19,20)21)7-8-14(11)22-10-12-5-3-4-6-15(12)23/h3-10,23,25H,1-2H3/t17-/m0/s1. The van der Waals surface area contributed by atoms with Crippen LogP contribution in [0, 0.1) is 6.92 Å². The van der Waals surface area contributed by atoms with Crippen LogP contribution in [0.25, 0.3) is 0 Å². The number of hydrogen-bond donors (Lipinski definition) is 2. The van der Waals surface area contributed by atoms with E-state index >= 15 is 0 Å². The zero-order valence-electron chi connectivity index (χ0n) is 13.9. The first kappa shape index (κ1) is 19.5. The Balaban J connectivity index is 2.43. The summed E-state index contributed by atoms with van der Waals surface area (Å²) in [5, 5.41) is 19.7. The molecule has 0 heterocycles. The van der Waals surface area contributed by atoms with Crippen molar-refractivity contribution in [3.63, 3.8) is 0 Å². The molecule has 5 nitrogen and oxygen atoms in total. The first-order chi connectivity index (χ1) is 12.1. The van der Waals surface area contributed by atoms with Crippen LogP contribution in [0.5, 0.6) is 5.75 Å². The summed E-state index contributed by atoms with van der Waals surface area (Å²) in [7, 11) is 0.761. The first-order valence-electron chi connectivity index (χ1n) is 7.42. The van der Waals surface area contributed by atoms with E-state index in [0.29, 0.717) is 16.8 Å². The SMILES string of the molecule is COC(=O)[C@@](O)(c1ccc(N=Cc2ccccc2O)c(C)c1)C(F)(F)F. The van der Waals surface area contributed by atoms with Gasteiger partial charge < -0.3 is 14.9 Å². The lowest BCUT2D eigenvalue weighted by Gasteiger charge is -2.28. The lowest BCUT2D eigenvalue weighted by Crippen LogP contribution is -2.49. The number of aliphatic imine (C=N–C) groups is 1. The van der Waals surface area contributed by atoms with E-state index in [1.165, 1.54) is 25.3 Å². The molecule has 26 heavy (non-hydrogen) atoms. The van der Waals surface area contributed by atoms with Crippen molar-refractivity contribution in [2.75, 3.05) is 7.11 Å². The average molecular weight is 367 g/mol. The normalized spacial score (nSPS) is 14.2. The summed E-state index contributed by atoms with van der Waals surface area (Å²) in [5.41, 5.74) is -3.41. The minimum Gasteiger partial charge on any atom is -0.507 e. The van der Waals surface area contributed by atoms with Crippen LogP contribution in [0.3, 0.4) is 0 Å². The summed E-state index contributed by atoms with van der Waals surface area (Å²) in [5.74, 6) is -1.82. The number of methoxy groups -OCH3 is 1. The van der Waals surface area contributed by atoms with Crippen LogP contribution < -0.4 is 0 Å². The van der Waals surface area contributed by atoms with Gasteiger partial charge in [-0.15, -0.1) is 0 Å². The molecule has 0 bridgehead atoms. The Kier molecular flexibility index (Phi) is 5.36. The van der Waals surface area contributed by atoms with Gasteiger partial charge in [-0.1, -0.05) is 24.3 Å². The molecular weight excluding hydrogens is 351 g/mol. The first-order valence-corrected chi connectivity index (χ1v) is 7.42. The second-order valence-electron chi connectivity index (χ2n) is 5.52. The van der Waals surface area contributed by atoms with Crippen molar-refractivity contribution in [2.45, 2.75) is 18.7 Å². The van der Waals surface area contributed by atoms with E-state index in [9.17, 15) is 28.2 Å². The predicted octanol–water partition coefficient (Wildman–Crippen LogP) is 3.37. The molecule has 0 spiro atoms. The van der Waals surface area contributed by atoms with Crippen molar-refractivity contribution < 1.29 is 32.9 Å². The maximum Gasteiger partial charge on any atom is 0.432 e. The van der Waals surface area contributed by atoms with Crippen LogP contribution >= 0.6 is 0 Å². The summed E-state index contributed by atoms with van der Waals surface area (Å²) in [6.45, 7) is 1.48. The maximum absolute atomic E-state index is 13.3. The highest BCUT2D eigenvalue weighted by atomic mass is 19.4. The molecule has 0 aliphatic carbocycles. The van der Waals surface area contributed by atoms with Crippen LogP contribution in [0.4, 0.5) is 18.9 Å². The number of carbonyl (C=O) groups excluding carboxylic acids is 1. The van der Waals surface area contributed by atoms with Crippen LogP contribution in [0.1, 0.15) is 16.7 Å².